The second-order valence-electron chi connectivity index (χ2n) is 7.13. The first-order valence-electron chi connectivity index (χ1n) is 10.0. The molecule has 0 atom stereocenters. The van der Waals surface area contributed by atoms with Crippen molar-refractivity contribution in [3.8, 4) is 11.5 Å². The summed E-state index contributed by atoms with van der Waals surface area (Å²) in [6.07, 6.45) is 0.448. The minimum Gasteiger partial charge on any atom is -0.457 e. The third-order valence-corrected chi connectivity index (χ3v) is 5.36. The number of amides is 4. The lowest BCUT2D eigenvalue weighted by Gasteiger charge is -2.14. The second kappa shape index (κ2) is 9.65. The van der Waals surface area contributed by atoms with E-state index in [1.54, 1.807) is 42.5 Å². The summed E-state index contributed by atoms with van der Waals surface area (Å²) >= 11 is 3.31. The van der Waals surface area contributed by atoms with Gasteiger partial charge in [-0.25, -0.2) is 4.79 Å². The van der Waals surface area contributed by atoms with E-state index in [1.165, 1.54) is 4.90 Å². The highest BCUT2D eigenvalue weighted by Crippen LogP contribution is 2.26. The van der Waals surface area contributed by atoms with Gasteiger partial charge < -0.3 is 15.4 Å². The van der Waals surface area contributed by atoms with Crippen LogP contribution in [0.3, 0.4) is 0 Å². The quantitative estimate of drug-likeness (QED) is 0.356. The van der Waals surface area contributed by atoms with Crippen molar-refractivity contribution >= 4 is 39.5 Å². The van der Waals surface area contributed by atoms with E-state index in [2.05, 4.69) is 26.6 Å². The van der Waals surface area contributed by atoms with Crippen LogP contribution in [0.2, 0.25) is 0 Å². The SMILES string of the molecule is O=C(NCCCN1C(=O)c2ccc(Br)cc2C1=O)Nc1ccc(Oc2ccccc2)cc1. The summed E-state index contributed by atoms with van der Waals surface area (Å²) in [6.45, 7) is 0.550. The van der Waals surface area contributed by atoms with E-state index in [4.69, 9.17) is 4.74 Å². The molecule has 0 radical (unpaired) electrons. The Morgan fingerprint density at radius 2 is 1.56 bits per heavy atom. The fourth-order valence-electron chi connectivity index (χ4n) is 3.31. The highest BCUT2D eigenvalue weighted by molar-refractivity contribution is 9.10. The third kappa shape index (κ3) is 4.97. The first-order valence-corrected chi connectivity index (χ1v) is 10.8. The minimum atomic E-state index is -0.368. The molecule has 162 valence electrons. The van der Waals surface area contributed by atoms with Gasteiger partial charge in [-0.3, -0.25) is 14.5 Å². The molecular weight excluding hydrogens is 474 g/mol. The van der Waals surface area contributed by atoms with Gasteiger partial charge in [0, 0.05) is 23.2 Å². The van der Waals surface area contributed by atoms with E-state index in [9.17, 15) is 14.4 Å². The van der Waals surface area contributed by atoms with E-state index in [1.807, 2.05) is 30.3 Å². The average Bonchev–Trinajstić information content (AvgIpc) is 3.02. The standard InChI is InChI=1S/C24H20BrN3O4/c25-16-7-12-20-21(15-16)23(30)28(22(20)29)14-4-13-26-24(31)27-17-8-10-19(11-9-17)32-18-5-2-1-3-6-18/h1-3,5-12,15H,4,13-14H2,(H2,26,27,31). The average molecular weight is 494 g/mol. The van der Waals surface area contributed by atoms with Gasteiger partial charge >= 0.3 is 6.03 Å². The van der Waals surface area contributed by atoms with Crippen LogP contribution in [0.1, 0.15) is 27.1 Å². The Kier molecular flexibility index (Phi) is 6.51. The molecule has 0 saturated heterocycles. The molecule has 0 fully saturated rings. The zero-order chi connectivity index (χ0) is 22.5. The zero-order valence-corrected chi connectivity index (χ0v) is 18.6. The maximum Gasteiger partial charge on any atom is 0.319 e. The maximum absolute atomic E-state index is 12.4. The Bertz CT molecular complexity index is 1150. The summed E-state index contributed by atoms with van der Waals surface area (Å²) in [4.78, 5) is 38.2. The van der Waals surface area contributed by atoms with Crippen molar-refractivity contribution < 1.29 is 19.1 Å². The van der Waals surface area contributed by atoms with E-state index in [0.717, 1.165) is 10.2 Å². The normalized spacial score (nSPS) is 12.5. The first kappa shape index (κ1) is 21.6. The number of benzene rings is 3. The number of halogens is 1. The van der Waals surface area contributed by atoms with Crippen LogP contribution in [0.25, 0.3) is 0 Å². The van der Waals surface area contributed by atoms with Crippen molar-refractivity contribution in [2.24, 2.45) is 0 Å². The van der Waals surface area contributed by atoms with Gasteiger partial charge in [-0.2, -0.15) is 0 Å². The second-order valence-corrected chi connectivity index (χ2v) is 8.04. The predicted molar refractivity (Wildman–Crippen MR) is 124 cm³/mol. The van der Waals surface area contributed by atoms with E-state index in [0.29, 0.717) is 35.5 Å². The molecule has 4 rings (SSSR count). The van der Waals surface area contributed by atoms with E-state index >= 15 is 0 Å². The van der Waals surface area contributed by atoms with Gasteiger partial charge in [0.1, 0.15) is 11.5 Å². The van der Waals surface area contributed by atoms with Gasteiger partial charge in [-0.1, -0.05) is 34.1 Å². The molecule has 1 aliphatic heterocycles. The molecule has 0 unspecified atom stereocenters. The maximum atomic E-state index is 12.4. The van der Waals surface area contributed by atoms with E-state index < -0.39 is 0 Å². The number of hydrogen-bond acceptors (Lipinski definition) is 4. The van der Waals surface area contributed by atoms with Crippen molar-refractivity contribution in [3.63, 3.8) is 0 Å². The highest BCUT2D eigenvalue weighted by atomic mass is 79.9. The molecule has 0 saturated carbocycles. The number of imide groups is 1. The molecule has 4 amide bonds. The molecule has 1 heterocycles. The third-order valence-electron chi connectivity index (χ3n) is 4.87. The van der Waals surface area contributed by atoms with Crippen LogP contribution >= 0.6 is 15.9 Å². The van der Waals surface area contributed by atoms with Crippen molar-refractivity contribution in [1.29, 1.82) is 0 Å². The fraction of sp³-hybridized carbons (Fsp3) is 0.125. The number of para-hydroxylation sites is 1. The van der Waals surface area contributed by atoms with Gasteiger partial charge in [0.2, 0.25) is 0 Å². The molecule has 0 bridgehead atoms. The van der Waals surface area contributed by atoms with Gasteiger partial charge in [-0.05, 0) is 61.0 Å². The van der Waals surface area contributed by atoms with Crippen LogP contribution in [0.15, 0.2) is 77.3 Å². The molecular formula is C24H20BrN3O4. The summed E-state index contributed by atoms with van der Waals surface area (Å²) in [7, 11) is 0. The van der Waals surface area contributed by atoms with Crippen molar-refractivity contribution in [1.82, 2.24) is 10.2 Å². The minimum absolute atomic E-state index is 0.232. The number of carbonyl (C=O) groups is 3. The molecule has 1 aliphatic rings. The Labute approximate surface area is 193 Å². The van der Waals surface area contributed by atoms with Crippen LogP contribution in [-0.4, -0.2) is 35.8 Å². The fourth-order valence-corrected chi connectivity index (χ4v) is 3.67. The Balaban J connectivity index is 1.21. The van der Waals surface area contributed by atoms with Gasteiger partial charge in [0.05, 0.1) is 11.1 Å². The summed E-state index contributed by atoms with van der Waals surface area (Å²) in [5.41, 5.74) is 1.42. The van der Waals surface area contributed by atoms with Gasteiger partial charge in [0.25, 0.3) is 11.8 Å². The van der Waals surface area contributed by atoms with Gasteiger partial charge in [0.15, 0.2) is 0 Å². The van der Waals surface area contributed by atoms with Crippen LogP contribution < -0.4 is 15.4 Å². The molecule has 3 aromatic rings. The summed E-state index contributed by atoms with van der Waals surface area (Å²) < 4.78 is 6.47. The molecule has 8 heteroatoms. The zero-order valence-electron chi connectivity index (χ0n) is 17.0. The smallest absolute Gasteiger partial charge is 0.319 e. The number of ether oxygens (including phenoxy) is 1. The van der Waals surface area contributed by atoms with Crippen molar-refractivity contribution in [2.75, 3.05) is 18.4 Å². The molecule has 2 N–H and O–H groups in total. The summed E-state index contributed by atoms with van der Waals surface area (Å²) in [5.74, 6) is 0.778. The molecule has 0 spiro atoms. The number of fused-ring (bicyclic) bond motifs is 1. The highest BCUT2D eigenvalue weighted by Gasteiger charge is 2.34. The summed E-state index contributed by atoms with van der Waals surface area (Å²) in [5, 5.41) is 5.47. The first-order chi connectivity index (χ1) is 15.5. The Morgan fingerprint density at radius 3 is 2.31 bits per heavy atom. The number of nitrogens with one attached hydrogen (secondary N) is 2. The van der Waals surface area contributed by atoms with Crippen LogP contribution in [0.5, 0.6) is 11.5 Å². The van der Waals surface area contributed by atoms with Crippen molar-refractivity contribution in [2.45, 2.75) is 6.42 Å². The lowest BCUT2D eigenvalue weighted by molar-refractivity contribution is 0.0653. The largest absolute Gasteiger partial charge is 0.457 e. The Morgan fingerprint density at radius 1 is 0.875 bits per heavy atom. The number of hydrogen-bond donors (Lipinski definition) is 2. The number of urea groups is 1. The number of anilines is 1. The lowest BCUT2D eigenvalue weighted by Crippen LogP contribution is -2.35. The molecule has 32 heavy (non-hydrogen) atoms. The van der Waals surface area contributed by atoms with Crippen molar-refractivity contribution in [3.05, 3.63) is 88.4 Å². The number of rotatable bonds is 7. The van der Waals surface area contributed by atoms with Crippen LogP contribution in [0, 0.1) is 0 Å². The molecule has 0 aliphatic carbocycles. The van der Waals surface area contributed by atoms with Crippen LogP contribution in [-0.2, 0) is 0 Å². The van der Waals surface area contributed by atoms with E-state index in [-0.39, 0.29) is 24.4 Å². The van der Waals surface area contributed by atoms with Crippen LogP contribution in [0.4, 0.5) is 10.5 Å². The molecule has 3 aromatic carbocycles. The predicted octanol–water partition coefficient (Wildman–Crippen LogP) is 5.05. The van der Waals surface area contributed by atoms with Gasteiger partial charge in [-0.15, -0.1) is 0 Å². The topological polar surface area (TPSA) is 87.7 Å². The molecule has 7 nitrogen and oxygen atoms in total. The number of carbonyl (C=O) groups excluding carboxylic acids is 3. The number of nitrogens with zero attached hydrogens (tertiary/aromatic N) is 1. The Hall–Kier alpha value is -3.65. The monoisotopic (exact) mass is 493 g/mol. The summed E-state index contributed by atoms with van der Waals surface area (Å²) in [6, 6.07) is 21.1. The lowest BCUT2D eigenvalue weighted by atomic mass is 10.1. The molecule has 0 aromatic heterocycles.